The second-order valence-corrected chi connectivity index (χ2v) is 7.02. The molecule has 5 N–H and O–H groups in total. The summed E-state index contributed by atoms with van der Waals surface area (Å²) < 4.78 is 6.77. The first-order valence-corrected chi connectivity index (χ1v) is 8.65. The molecule has 2 amide bonds. The molecule has 0 radical (unpaired) electrons. The van der Waals surface area contributed by atoms with Gasteiger partial charge in [0.2, 0.25) is 5.89 Å². The van der Waals surface area contributed by atoms with Crippen molar-refractivity contribution < 1.29 is 19.1 Å². The van der Waals surface area contributed by atoms with E-state index in [1.165, 1.54) is 17.1 Å². The van der Waals surface area contributed by atoms with Crippen LogP contribution in [0.15, 0.2) is 35.2 Å². The second kappa shape index (κ2) is 7.72. The van der Waals surface area contributed by atoms with E-state index in [-0.39, 0.29) is 23.0 Å². The molecule has 0 aliphatic carbocycles. The van der Waals surface area contributed by atoms with Gasteiger partial charge in [0.15, 0.2) is 11.4 Å². The monoisotopic (exact) mass is 399 g/mol. The van der Waals surface area contributed by atoms with Crippen LogP contribution in [0, 0.1) is 0 Å². The molecule has 0 atom stereocenters. The van der Waals surface area contributed by atoms with Crippen molar-refractivity contribution in [2.45, 2.75) is 19.4 Å². The molecule has 0 saturated heterocycles. The van der Waals surface area contributed by atoms with Crippen LogP contribution in [0.5, 0.6) is 0 Å². The molecule has 0 aliphatic rings. The Labute approximate surface area is 165 Å². The van der Waals surface area contributed by atoms with E-state index < -0.39 is 17.4 Å². The van der Waals surface area contributed by atoms with Crippen LogP contribution >= 0.6 is 0 Å². The molecule has 3 heterocycles. The molecule has 3 rings (SSSR count). The number of nitrogens with zero attached hydrogens (tertiary/aromatic N) is 4. The van der Waals surface area contributed by atoms with Crippen LogP contribution in [0.4, 0.5) is 11.5 Å². The van der Waals surface area contributed by atoms with Crippen molar-refractivity contribution in [3.05, 3.63) is 42.2 Å². The standard InChI is InChI=1S/C18H21N7O4/c1-18(2,28)9-21-13-6-10(4-5-20-13)17-23-12(8-29-17)16(27)22-11-7-25(3)24-14(11)15(19)26/h4-8,28H,9H2,1-3H3,(H2,19,26)(H,20,21)(H,22,27). The topological polar surface area (TPSA) is 161 Å². The van der Waals surface area contributed by atoms with Crippen LogP contribution < -0.4 is 16.4 Å². The first kappa shape index (κ1) is 20.0. The third-order valence-corrected chi connectivity index (χ3v) is 3.76. The molecule has 0 unspecified atom stereocenters. The summed E-state index contributed by atoms with van der Waals surface area (Å²) >= 11 is 0. The van der Waals surface area contributed by atoms with Gasteiger partial charge in [-0.3, -0.25) is 14.3 Å². The molecule has 0 aliphatic heterocycles. The predicted molar refractivity (Wildman–Crippen MR) is 104 cm³/mol. The Balaban J connectivity index is 1.75. The number of oxazole rings is 1. The number of aryl methyl sites for hydroxylation is 1. The molecular weight excluding hydrogens is 378 g/mol. The molecule has 0 saturated carbocycles. The Hall–Kier alpha value is -3.73. The highest BCUT2D eigenvalue weighted by atomic mass is 16.3. The lowest BCUT2D eigenvalue weighted by Gasteiger charge is -2.18. The van der Waals surface area contributed by atoms with E-state index >= 15 is 0 Å². The number of carbonyl (C=O) groups excluding carboxylic acids is 2. The number of aromatic nitrogens is 4. The van der Waals surface area contributed by atoms with Crippen LogP contribution in [0.2, 0.25) is 0 Å². The van der Waals surface area contributed by atoms with Gasteiger partial charge in [-0.05, 0) is 26.0 Å². The Morgan fingerprint density at radius 3 is 2.83 bits per heavy atom. The zero-order chi connectivity index (χ0) is 21.2. The molecule has 11 nitrogen and oxygen atoms in total. The number of rotatable bonds is 7. The van der Waals surface area contributed by atoms with E-state index in [9.17, 15) is 14.7 Å². The number of pyridine rings is 1. The minimum Gasteiger partial charge on any atom is -0.444 e. The van der Waals surface area contributed by atoms with Crippen molar-refractivity contribution >= 4 is 23.3 Å². The van der Waals surface area contributed by atoms with Gasteiger partial charge in [0.05, 0.1) is 11.3 Å². The number of hydrogen-bond donors (Lipinski definition) is 4. The fraction of sp³-hybridized carbons (Fsp3) is 0.278. The van der Waals surface area contributed by atoms with Crippen molar-refractivity contribution in [3.8, 4) is 11.5 Å². The summed E-state index contributed by atoms with van der Waals surface area (Å²) in [7, 11) is 1.60. The van der Waals surface area contributed by atoms with Gasteiger partial charge in [0.1, 0.15) is 12.1 Å². The van der Waals surface area contributed by atoms with Crippen molar-refractivity contribution in [2.24, 2.45) is 12.8 Å². The van der Waals surface area contributed by atoms with Crippen LogP contribution in [0.25, 0.3) is 11.5 Å². The summed E-state index contributed by atoms with van der Waals surface area (Å²) in [4.78, 5) is 32.2. The molecule has 0 fully saturated rings. The molecular formula is C18H21N7O4. The van der Waals surface area contributed by atoms with E-state index in [4.69, 9.17) is 10.2 Å². The van der Waals surface area contributed by atoms with Gasteiger partial charge in [-0.1, -0.05) is 0 Å². The van der Waals surface area contributed by atoms with Crippen molar-refractivity contribution in [1.29, 1.82) is 0 Å². The van der Waals surface area contributed by atoms with Gasteiger partial charge in [-0.25, -0.2) is 9.97 Å². The van der Waals surface area contributed by atoms with Crippen LogP contribution in [-0.2, 0) is 7.05 Å². The van der Waals surface area contributed by atoms with Gasteiger partial charge >= 0.3 is 0 Å². The fourth-order valence-corrected chi connectivity index (χ4v) is 2.43. The van der Waals surface area contributed by atoms with Crippen LogP contribution in [-0.4, -0.2) is 48.8 Å². The van der Waals surface area contributed by atoms with E-state index in [0.29, 0.717) is 17.9 Å². The molecule has 0 aromatic carbocycles. The molecule has 3 aromatic rings. The third-order valence-electron chi connectivity index (χ3n) is 3.76. The number of primary amides is 1. The van der Waals surface area contributed by atoms with Crippen molar-refractivity contribution in [3.63, 3.8) is 0 Å². The number of aliphatic hydroxyl groups is 1. The van der Waals surface area contributed by atoms with Crippen LogP contribution in [0.1, 0.15) is 34.8 Å². The third kappa shape index (κ3) is 4.96. The number of hydrogen-bond acceptors (Lipinski definition) is 8. The lowest BCUT2D eigenvalue weighted by atomic mass is 10.1. The molecule has 29 heavy (non-hydrogen) atoms. The van der Waals surface area contributed by atoms with Gasteiger partial charge in [-0.2, -0.15) is 5.10 Å². The van der Waals surface area contributed by atoms with Gasteiger partial charge in [-0.15, -0.1) is 0 Å². The van der Waals surface area contributed by atoms with Gasteiger partial charge < -0.3 is 25.9 Å². The number of amides is 2. The molecule has 0 spiro atoms. The van der Waals surface area contributed by atoms with Crippen LogP contribution in [0.3, 0.4) is 0 Å². The Kier molecular flexibility index (Phi) is 5.33. The highest BCUT2D eigenvalue weighted by molar-refractivity contribution is 6.07. The van der Waals surface area contributed by atoms with E-state index in [0.717, 1.165) is 0 Å². The lowest BCUT2D eigenvalue weighted by molar-refractivity contribution is 0.0942. The smallest absolute Gasteiger partial charge is 0.277 e. The largest absolute Gasteiger partial charge is 0.444 e. The van der Waals surface area contributed by atoms with E-state index in [1.807, 2.05) is 0 Å². The maximum Gasteiger partial charge on any atom is 0.277 e. The normalized spacial score (nSPS) is 11.3. The first-order chi connectivity index (χ1) is 13.6. The maximum absolute atomic E-state index is 12.4. The maximum atomic E-state index is 12.4. The minimum absolute atomic E-state index is 0.0158. The number of anilines is 2. The lowest BCUT2D eigenvalue weighted by Crippen LogP contribution is -2.29. The van der Waals surface area contributed by atoms with Crippen molar-refractivity contribution in [2.75, 3.05) is 17.2 Å². The van der Waals surface area contributed by atoms with Gasteiger partial charge in [0.25, 0.3) is 11.8 Å². The van der Waals surface area contributed by atoms with Gasteiger partial charge in [0, 0.05) is 31.5 Å². The second-order valence-electron chi connectivity index (χ2n) is 7.02. The summed E-state index contributed by atoms with van der Waals surface area (Å²) in [6.45, 7) is 3.65. The average molecular weight is 399 g/mol. The summed E-state index contributed by atoms with van der Waals surface area (Å²) in [6, 6.07) is 3.36. The fourth-order valence-electron chi connectivity index (χ4n) is 2.43. The summed E-state index contributed by atoms with van der Waals surface area (Å²) in [5.74, 6) is -0.602. The average Bonchev–Trinajstić information content (AvgIpc) is 3.27. The predicted octanol–water partition coefficient (Wildman–Crippen LogP) is 1.00. The number of nitrogens with two attached hydrogens (primary N) is 1. The zero-order valence-electron chi connectivity index (χ0n) is 16.1. The van der Waals surface area contributed by atoms with Crippen molar-refractivity contribution in [1.82, 2.24) is 19.7 Å². The Morgan fingerprint density at radius 2 is 2.14 bits per heavy atom. The number of carbonyl (C=O) groups is 2. The molecule has 0 bridgehead atoms. The summed E-state index contributed by atoms with van der Waals surface area (Å²) in [5.41, 5.74) is 5.09. The Bertz CT molecular complexity index is 1050. The molecule has 11 heteroatoms. The zero-order valence-corrected chi connectivity index (χ0v) is 16.1. The summed E-state index contributed by atoms with van der Waals surface area (Å²) in [5, 5.41) is 19.3. The molecule has 3 aromatic heterocycles. The SMILES string of the molecule is Cn1cc(NC(=O)c2coc(-c3ccnc(NCC(C)(C)O)c3)n2)c(C(N)=O)n1. The first-order valence-electron chi connectivity index (χ1n) is 8.65. The quantitative estimate of drug-likeness (QED) is 0.457. The summed E-state index contributed by atoms with van der Waals surface area (Å²) in [6.07, 6.45) is 4.22. The highest BCUT2D eigenvalue weighted by Gasteiger charge is 2.19. The Morgan fingerprint density at radius 1 is 1.38 bits per heavy atom. The minimum atomic E-state index is -0.901. The van der Waals surface area contributed by atoms with E-state index in [1.54, 1.807) is 39.2 Å². The number of nitrogens with one attached hydrogen (secondary N) is 2. The van der Waals surface area contributed by atoms with E-state index in [2.05, 4.69) is 25.7 Å². The highest BCUT2D eigenvalue weighted by Crippen LogP contribution is 2.22. The molecule has 152 valence electrons.